The number of aromatic hydroxyl groups is 1. The predicted molar refractivity (Wildman–Crippen MR) is 107 cm³/mol. The molecule has 1 amide bonds. The first-order valence-electron chi connectivity index (χ1n) is 8.85. The van der Waals surface area contributed by atoms with Gasteiger partial charge >= 0.3 is 12.1 Å². The average molecular weight is 471 g/mol. The van der Waals surface area contributed by atoms with Crippen LogP contribution < -0.4 is 15.7 Å². The summed E-state index contributed by atoms with van der Waals surface area (Å²) in [6.07, 6.45) is -4.52. The smallest absolute Gasteiger partial charge is 0.416 e. The van der Waals surface area contributed by atoms with E-state index >= 15 is 0 Å². The van der Waals surface area contributed by atoms with Crippen LogP contribution in [0.2, 0.25) is 5.02 Å². The Morgan fingerprint density at radius 1 is 1.12 bits per heavy atom. The number of rotatable bonds is 6. The molecular weight excluding hydrogens is 457 g/mol. The Morgan fingerprint density at radius 3 is 2.38 bits per heavy atom. The highest BCUT2D eigenvalue weighted by Crippen LogP contribution is 2.30. The molecule has 0 fully saturated rings. The molecule has 2 aromatic carbocycles. The molecule has 1 heterocycles. The summed E-state index contributed by atoms with van der Waals surface area (Å²) in [4.78, 5) is 41.4. The molecule has 0 saturated carbocycles. The lowest BCUT2D eigenvalue weighted by molar-refractivity contribution is -0.138. The van der Waals surface area contributed by atoms with Gasteiger partial charge in [-0.2, -0.15) is 13.2 Å². The van der Waals surface area contributed by atoms with Crippen molar-refractivity contribution < 1.29 is 37.8 Å². The summed E-state index contributed by atoms with van der Waals surface area (Å²) in [6.45, 7) is -1.16. The van der Waals surface area contributed by atoms with E-state index < -0.39 is 47.0 Å². The third-order valence-electron chi connectivity index (χ3n) is 4.34. The lowest BCUT2D eigenvalue weighted by Crippen LogP contribution is -2.37. The number of hydrogen-bond donors (Lipinski definition) is 3. The zero-order valence-corrected chi connectivity index (χ0v) is 16.7. The number of fused-ring (bicyclic) bond motifs is 1. The minimum absolute atomic E-state index is 0.00175. The standard InChI is InChI=1S/C20H14ClF3N2O6/c21-12-5-6-13-14(7-12)26(19(31)16(17(13)29)18(30)25-8-15(27)28)32-9-10-1-3-11(4-2-10)20(22,23)24/h1-7,29H,8-9H2,(H,25,30)(H,27,28). The maximum atomic E-state index is 12.9. The molecule has 3 aromatic rings. The van der Waals surface area contributed by atoms with Gasteiger partial charge in [0.25, 0.3) is 11.5 Å². The molecule has 0 spiro atoms. The van der Waals surface area contributed by atoms with Crippen molar-refractivity contribution in [1.29, 1.82) is 0 Å². The Hall–Kier alpha value is -3.73. The largest absolute Gasteiger partial charge is 0.506 e. The van der Waals surface area contributed by atoms with E-state index in [2.05, 4.69) is 0 Å². The van der Waals surface area contributed by atoms with Crippen molar-refractivity contribution in [1.82, 2.24) is 10.0 Å². The number of carboxylic acids is 1. The Bertz CT molecular complexity index is 1260. The van der Waals surface area contributed by atoms with Crippen LogP contribution in [0, 0.1) is 0 Å². The van der Waals surface area contributed by atoms with E-state index in [9.17, 15) is 32.7 Å². The average Bonchev–Trinajstić information content (AvgIpc) is 2.71. The molecule has 0 atom stereocenters. The van der Waals surface area contributed by atoms with E-state index in [0.29, 0.717) is 4.73 Å². The van der Waals surface area contributed by atoms with Crippen LogP contribution in [0.4, 0.5) is 13.2 Å². The number of benzene rings is 2. The van der Waals surface area contributed by atoms with Gasteiger partial charge in [0.15, 0.2) is 5.56 Å². The molecule has 12 heteroatoms. The number of carbonyl (C=O) groups is 2. The van der Waals surface area contributed by atoms with Crippen molar-refractivity contribution in [3.8, 4) is 5.75 Å². The van der Waals surface area contributed by atoms with Gasteiger partial charge in [-0.25, -0.2) is 0 Å². The molecule has 168 valence electrons. The summed E-state index contributed by atoms with van der Waals surface area (Å²) in [5.74, 6) is -3.23. The van der Waals surface area contributed by atoms with Crippen molar-refractivity contribution in [3.63, 3.8) is 0 Å². The van der Waals surface area contributed by atoms with Gasteiger partial charge in [-0.3, -0.25) is 14.4 Å². The van der Waals surface area contributed by atoms with Gasteiger partial charge in [0.2, 0.25) is 0 Å². The van der Waals surface area contributed by atoms with Crippen molar-refractivity contribution in [2.75, 3.05) is 6.54 Å². The second kappa shape index (κ2) is 8.79. The number of carbonyl (C=O) groups excluding carboxylic acids is 1. The molecule has 0 aliphatic carbocycles. The third kappa shape index (κ3) is 4.78. The SMILES string of the molecule is O=C(O)CNC(=O)c1c(O)c2ccc(Cl)cc2n(OCc2ccc(C(F)(F)F)cc2)c1=O. The van der Waals surface area contributed by atoms with Gasteiger partial charge < -0.3 is 20.4 Å². The maximum absolute atomic E-state index is 12.9. The molecule has 0 bridgehead atoms. The van der Waals surface area contributed by atoms with Crippen molar-refractivity contribution in [2.45, 2.75) is 12.8 Å². The second-order valence-corrected chi connectivity index (χ2v) is 6.97. The van der Waals surface area contributed by atoms with Crippen LogP contribution in [0.25, 0.3) is 10.9 Å². The van der Waals surface area contributed by atoms with E-state index in [1.165, 1.54) is 18.2 Å². The quantitative estimate of drug-likeness (QED) is 0.510. The summed E-state index contributed by atoms with van der Waals surface area (Å²) in [7, 11) is 0. The lowest BCUT2D eigenvalue weighted by atomic mass is 10.1. The monoisotopic (exact) mass is 470 g/mol. The summed E-state index contributed by atoms with van der Waals surface area (Å²) < 4.78 is 38.8. The van der Waals surface area contributed by atoms with Crippen LogP contribution in [-0.4, -0.2) is 33.4 Å². The van der Waals surface area contributed by atoms with Crippen LogP contribution in [0.1, 0.15) is 21.5 Å². The first-order valence-corrected chi connectivity index (χ1v) is 9.23. The summed E-state index contributed by atoms with van der Waals surface area (Å²) in [5.41, 5.74) is -2.48. The lowest BCUT2D eigenvalue weighted by Gasteiger charge is -2.16. The summed E-state index contributed by atoms with van der Waals surface area (Å²) >= 11 is 5.96. The number of nitrogens with one attached hydrogen (secondary N) is 1. The Morgan fingerprint density at radius 2 is 1.78 bits per heavy atom. The molecule has 1 aromatic heterocycles. The van der Waals surface area contributed by atoms with Crippen LogP contribution in [0.3, 0.4) is 0 Å². The topological polar surface area (TPSA) is 118 Å². The number of aliphatic carboxylic acids is 1. The molecule has 0 aliphatic heterocycles. The Labute approximate surface area is 182 Å². The number of aromatic nitrogens is 1. The van der Waals surface area contributed by atoms with Crippen molar-refractivity contribution in [2.24, 2.45) is 0 Å². The molecule has 32 heavy (non-hydrogen) atoms. The molecule has 0 aliphatic rings. The van der Waals surface area contributed by atoms with Gasteiger partial charge in [0, 0.05) is 10.4 Å². The first kappa shape index (κ1) is 22.9. The van der Waals surface area contributed by atoms with Gasteiger partial charge in [-0.05, 0) is 35.9 Å². The number of carboxylic acid groups (broad SMARTS) is 1. The molecule has 3 rings (SSSR count). The van der Waals surface area contributed by atoms with Crippen LogP contribution in [-0.2, 0) is 17.6 Å². The maximum Gasteiger partial charge on any atom is 0.416 e. The molecule has 0 unspecified atom stereocenters. The molecule has 8 nitrogen and oxygen atoms in total. The number of pyridine rings is 1. The second-order valence-electron chi connectivity index (χ2n) is 6.53. The van der Waals surface area contributed by atoms with E-state index in [1.807, 2.05) is 5.32 Å². The van der Waals surface area contributed by atoms with Crippen LogP contribution in [0.5, 0.6) is 5.75 Å². The Balaban J connectivity index is 2.03. The third-order valence-corrected chi connectivity index (χ3v) is 4.57. The number of amides is 1. The number of halogens is 4. The van der Waals surface area contributed by atoms with Crippen LogP contribution >= 0.6 is 11.6 Å². The molecule has 0 radical (unpaired) electrons. The molecular formula is C20H14ClF3N2O6. The zero-order valence-electron chi connectivity index (χ0n) is 15.9. The summed E-state index contributed by atoms with van der Waals surface area (Å²) in [5, 5.41) is 21.3. The zero-order chi connectivity index (χ0) is 23.6. The highest BCUT2D eigenvalue weighted by molar-refractivity contribution is 6.31. The number of alkyl halides is 3. The minimum Gasteiger partial charge on any atom is -0.506 e. The van der Waals surface area contributed by atoms with Crippen molar-refractivity contribution in [3.05, 3.63) is 74.5 Å². The fourth-order valence-electron chi connectivity index (χ4n) is 2.83. The highest BCUT2D eigenvalue weighted by atomic mass is 35.5. The molecule has 0 saturated heterocycles. The van der Waals surface area contributed by atoms with Gasteiger partial charge in [-0.15, -0.1) is 4.73 Å². The molecule has 3 N–H and O–H groups in total. The minimum atomic E-state index is -4.52. The van der Waals surface area contributed by atoms with E-state index in [-0.39, 0.29) is 28.1 Å². The van der Waals surface area contributed by atoms with E-state index in [1.54, 1.807) is 0 Å². The van der Waals surface area contributed by atoms with Crippen molar-refractivity contribution >= 4 is 34.4 Å². The number of hydrogen-bond acceptors (Lipinski definition) is 5. The number of nitrogens with zero attached hydrogens (tertiary/aromatic N) is 1. The van der Waals surface area contributed by atoms with Gasteiger partial charge in [-0.1, -0.05) is 23.7 Å². The fraction of sp³-hybridized carbons (Fsp3) is 0.150. The van der Waals surface area contributed by atoms with Crippen LogP contribution in [0.15, 0.2) is 47.3 Å². The normalized spacial score (nSPS) is 11.4. The predicted octanol–water partition coefficient (Wildman–Crippen LogP) is 2.82. The van der Waals surface area contributed by atoms with Gasteiger partial charge in [0.05, 0.1) is 11.1 Å². The fourth-order valence-corrected chi connectivity index (χ4v) is 2.99. The first-order chi connectivity index (χ1) is 15.0. The van der Waals surface area contributed by atoms with Gasteiger partial charge in [0.1, 0.15) is 18.9 Å². The van der Waals surface area contributed by atoms with E-state index in [4.69, 9.17) is 21.5 Å². The van der Waals surface area contributed by atoms with E-state index in [0.717, 1.165) is 24.3 Å². The Kier molecular flexibility index (Phi) is 6.30. The highest BCUT2D eigenvalue weighted by Gasteiger charge is 2.30. The summed E-state index contributed by atoms with van der Waals surface area (Å²) in [6, 6.07) is 7.99.